The highest BCUT2D eigenvalue weighted by Crippen LogP contribution is 2.19. The number of rotatable bonds is 10. The van der Waals surface area contributed by atoms with Gasteiger partial charge in [0.2, 0.25) is 0 Å². The van der Waals surface area contributed by atoms with E-state index in [4.69, 9.17) is 14.6 Å². The molecule has 1 aromatic carbocycles. The highest BCUT2D eigenvalue weighted by atomic mass is 16.5. The summed E-state index contributed by atoms with van der Waals surface area (Å²) >= 11 is 0. The largest absolute Gasteiger partial charge is 0.484 e. The average Bonchev–Trinajstić information content (AvgIpc) is 2.52. The van der Waals surface area contributed by atoms with E-state index in [0.717, 1.165) is 5.56 Å². The van der Waals surface area contributed by atoms with Crippen LogP contribution in [0.4, 0.5) is 0 Å². The van der Waals surface area contributed by atoms with E-state index < -0.39 is 17.9 Å². The Balaban J connectivity index is 2.50. The number of carboxylic acid groups (broad SMARTS) is 1. The van der Waals surface area contributed by atoms with Crippen molar-refractivity contribution in [2.24, 2.45) is 0 Å². The molecule has 0 fully saturated rings. The van der Waals surface area contributed by atoms with Crippen molar-refractivity contribution in [2.75, 3.05) is 19.8 Å². The van der Waals surface area contributed by atoms with Crippen LogP contribution in [0, 0.1) is 0 Å². The maximum Gasteiger partial charge on any atom is 0.328 e. The summed E-state index contributed by atoms with van der Waals surface area (Å²) in [7, 11) is 0. The van der Waals surface area contributed by atoms with E-state index >= 15 is 0 Å². The quantitative estimate of drug-likeness (QED) is 0.508. The molecule has 1 atom stereocenters. The number of nitrogens with one attached hydrogen (secondary N) is 1. The second kappa shape index (κ2) is 9.63. The first-order chi connectivity index (χ1) is 10.9. The Morgan fingerprint density at radius 3 is 2.74 bits per heavy atom. The third-order valence-corrected chi connectivity index (χ3v) is 3.05. The molecule has 1 rings (SSSR count). The Morgan fingerprint density at radius 2 is 2.13 bits per heavy atom. The molecule has 0 aliphatic rings. The summed E-state index contributed by atoms with van der Waals surface area (Å²) in [6, 6.07) is 6.33. The van der Waals surface area contributed by atoms with E-state index in [-0.39, 0.29) is 19.8 Å². The SMILES string of the molecule is C=CCOCC(NC(=O)COc1cccc(C(C)C)c1)C(=O)O. The fourth-order valence-corrected chi connectivity index (χ4v) is 1.79. The van der Waals surface area contributed by atoms with Crippen molar-refractivity contribution in [1.29, 1.82) is 0 Å². The van der Waals surface area contributed by atoms with Crippen LogP contribution < -0.4 is 10.1 Å². The molecule has 1 unspecified atom stereocenters. The molecule has 0 aromatic heterocycles. The number of carbonyl (C=O) groups is 2. The zero-order valence-corrected chi connectivity index (χ0v) is 13.5. The molecule has 6 heteroatoms. The van der Waals surface area contributed by atoms with Gasteiger partial charge in [-0.3, -0.25) is 4.79 Å². The number of carbonyl (C=O) groups excluding carboxylic acids is 1. The van der Waals surface area contributed by atoms with Gasteiger partial charge >= 0.3 is 5.97 Å². The molecule has 0 aliphatic carbocycles. The lowest BCUT2D eigenvalue weighted by atomic mass is 10.0. The van der Waals surface area contributed by atoms with Crippen LogP contribution in [-0.2, 0) is 14.3 Å². The van der Waals surface area contributed by atoms with Crippen molar-refractivity contribution >= 4 is 11.9 Å². The van der Waals surface area contributed by atoms with Gasteiger partial charge in [-0.2, -0.15) is 0 Å². The molecule has 0 bridgehead atoms. The molecule has 1 amide bonds. The summed E-state index contributed by atoms with van der Waals surface area (Å²) in [5.41, 5.74) is 1.10. The van der Waals surface area contributed by atoms with Gasteiger partial charge in [-0.1, -0.05) is 32.1 Å². The van der Waals surface area contributed by atoms with Crippen LogP contribution in [0.5, 0.6) is 5.75 Å². The van der Waals surface area contributed by atoms with Crippen molar-refractivity contribution in [3.63, 3.8) is 0 Å². The van der Waals surface area contributed by atoms with Crippen LogP contribution >= 0.6 is 0 Å². The summed E-state index contributed by atoms with van der Waals surface area (Å²) in [6.45, 7) is 7.42. The Morgan fingerprint density at radius 1 is 1.39 bits per heavy atom. The van der Waals surface area contributed by atoms with E-state index in [2.05, 4.69) is 25.7 Å². The first-order valence-electron chi connectivity index (χ1n) is 7.37. The predicted octanol–water partition coefficient (Wildman–Crippen LogP) is 1.96. The molecule has 0 aliphatic heterocycles. The average molecular weight is 321 g/mol. The maximum absolute atomic E-state index is 11.8. The summed E-state index contributed by atoms with van der Waals surface area (Å²) in [4.78, 5) is 22.9. The number of hydrogen-bond acceptors (Lipinski definition) is 4. The Hall–Kier alpha value is -2.34. The number of benzene rings is 1. The van der Waals surface area contributed by atoms with Gasteiger partial charge in [0.15, 0.2) is 12.6 Å². The van der Waals surface area contributed by atoms with Crippen LogP contribution in [0.1, 0.15) is 25.3 Å². The van der Waals surface area contributed by atoms with Gasteiger partial charge in [-0.05, 0) is 23.6 Å². The molecule has 6 nitrogen and oxygen atoms in total. The number of aliphatic carboxylic acids is 1. The summed E-state index contributed by atoms with van der Waals surface area (Å²) < 4.78 is 10.5. The minimum atomic E-state index is -1.16. The van der Waals surface area contributed by atoms with Crippen LogP contribution in [0.25, 0.3) is 0 Å². The van der Waals surface area contributed by atoms with Crippen LogP contribution in [-0.4, -0.2) is 42.8 Å². The second-order valence-corrected chi connectivity index (χ2v) is 5.30. The normalized spacial score (nSPS) is 11.8. The second-order valence-electron chi connectivity index (χ2n) is 5.30. The zero-order chi connectivity index (χ0) is 17.2. The molecule has 0 saturated carbocycles. The zero-order valence-electron chi connectivity index (χ0n) is 13.5. The fraction of sp³-hybridized carbons (Fsp3) is 0.412. The summed E-state index contributed by atoms with van der Waals surface area (Å²) in [5.74, 6) is -0.759. The van der Waals surface area contributed by atoms with Gasteiger partial charge in [0, 0.05) is 0 Å². The van der Waals surface area contributed by atoms with Gasteiger partial charge in [0.25, 0.3) is 5.91 Å². The first-order valence-corrected chi connectivity index (χ1v) is 7.37. The lowest BCUT2D eigenvalue weighted by Gasteiger charge is -2.15. The number of ether oxygens (including phenoxy) is 2. The minimum absolute atomic E-state index is 0.129. The molecule has 1 aromatic rings. The molecular weight excluding hydrogens is 298 g/mol. The number of carboxylic acids is 1. The van der Waals surface area contributed by atoms with Crippen molar-refractivity contribution in [3.8, 4) is 5.75 Å². The van der Waals surface area contributed by atoms with Crippen molar-refractivity contribution in [2.45, 2.75) is 25.8 Å². The van der Waals surface area contributed by atoms with Crippen molar-refractivity contribution < 1.29 is 24.2 Å². The Kier molecular flexibility index (Phi) is 7.83. The number of hydrogen-bond donors (Lipinski definition) is 2. The predicted molar refractivity (Wildman–Crippen MR) is 86.6 cm³/mol. The minimum Gasteiger partial charge on any atom is -0.484 e. The molecule has 0 spiro atoms. The third kappa shape index (κ3) is 6.97. The van der Waals surface area contributed by atoms with E-state index in [1.807, 2.05) is 18.2 Å². The molecule has 23 heavy (non-hydrogen) atoms. The highest BCUT2D eigenvalue weighted by molar-refractivity contribution is 5.84. The van der Waals surface area contributed by atoms with Gasteiger partial charge in [0.1, 0.15) is 5.75 Å². The fourth-order valence-electron chi connectivity index (χ4n) is 1.79. The molecular formula is C17H23NO5. The summed E-state index contributed by atoms with van der Waals surface area (Å²) in [6.07, 6.45) is 1.51. The van der Waals surface area contributed by atoms with Gasteiger partial charge in [-0.25, -0.2) is 4.79 Å². The molecule has 0 heterocycles. The van der Waals surface area contributed by atoms with Gasteiger partial charge < -0.3 is 19.9 Å². The smallest absolute Gasteiger partial charge is 0.328 e. The van der Waals surface area contributed by atoms with Crippen LogP contribution in [0.3, 0.4) is 0 Å². The van der Waals surface area contributed by atoms with E-state index in [0.29, 0.717) is 11.7 Å². The Bertz CT molecular complexity index is 542. The van der Waals surface area contributed by atoms with Crippen LogP contribution in [0.2, 0.25) is 0 Å². The first kappa shape index (κ1) is 18.7. The monoisotopic (exact) mass is 321 g/mol. The molecule has 0 radical (unpaired) electrons. The maximum atomic E-state index is 11.8. The third-order valence-electron chi connectivity index (χ3n) is 3.05. The van der Waals surface area contributed by atoms with Gasteiger partial charge in [-0.15, -0.1) is 6.58 Å². The van der Waals surface area contributed by atoms with Crippen molar-refractivity contribution in [3.05, 3.63) is 42.5 Å². The molecule has 126 valence electrons. The van der Waals surface area contributed by atoms with E-state index in [1.54, 1.807) is 6.07 Å². The highest BCUT2D eigenvalue weighted by Gasteiger charge is 2.20. The lowest BCUT2D eigenvalue weighted by molar-refractivity contribution is -0.143. The van der Waals surface area contributed by atoms with E-state index in [9.17, 15) is 9.59 Å². The van der Waals surface area contributed by atoms with E-state index in [1.165, 1.54) is 6.08 Å². The molecule has 0 saturated heterocycles. The molecule has 2 N–H and O–H groups in total. The van der Waals surface area contributed by atoms with Crippen LogP contribution in [0.15, 0.2) is 36.9 Å². The summed E-state index contributed by atoms with van der Waals surface area (Å²) in [5, 5.41) is 11.4. The topological polar surface area (TPSA) is 84.9 Å². The number of amides is 1. The Labute approximate surface area is 136 Å². The van der Waals surface area contributed by atoms with Gasteiger partial charge in [0.05, 0.1) is 13.2 Å². The van der Waals surface area contributed by atoms with Crippen molar-refractivity contribution in [1.82, 2.24) is 5.32 Å². The lowest BCUT2D eigenvalue weighted by Crippen LogP contribution is -2.45. The standard InChI is InChI=1S/C17H23NO5/c1-4-8-22-10-15(17(20)21)18-16(19)11-23-14-7-5-6-13(9-14)12(2)3/h4-7,9,12,15H,1,8,10-11H2,2-3H3,(H,18,19)(H,20,21).